The first kappa shape index (κ1) is 7.15. The Morgan fingerprint density at radius 3 is 3.17 bits per heavy atom. The molecule has 0 aromatic carbocycles. The second-order valence-electron chi connectivity index (χ2n) is 2.75. The van der Waals surface area contributed by atoms with Gasteiger partial charge in [0.05, 0.1) is 25.1 Å². The minimum Gasteiger partial charge on any atom is -0.354 e. The maximum Gasteiger partial charge on any atom is 0.254 e. The van der Waals surface area contributed by atoms with Crippen LogP contribution in [0.1, 0.15) is 0 Å². The smallest absolute Gasteiger partial charge is 0.254 e. The lowest BCUT2D eigenvalue weighted by atomic mass is 10.2. The van der Waals surface area contributed by atoms with Gasteiger partial charge in [-0.05, 0) is 0 Å². The summed E-state index contributed by atoms with van der Waals surface area (Å²) in [6.45, 7) is 0.967. The van der Waals surface area contributed by atoms with Gasteiger partial charge < -0.3 is 15.5 Å². The highest BCUT2D eigenvalue weighted by atomic mass is 16.2. The lowest BCUT2D eigenvalue weighted by molar-refractivity contribution is -0.118. The number of aliphatic imine (C=N–C) groups is 1. The number of hydrogen-bond acceptors (Lipinski definition) is 4. The standard InChI is InChI=1S/C7H10N4O/c1-11-4-8-2-5-6(11)9-3-10-7(5)12/h4,9H,2-3H2,1H3,(H,10,12). The molecule has 0 saturated heterocycles. The van der Waals surface area contributed by atoms with E-state index in [1.54, 1.807) is 6.34 Å². The molecule has 2 rings (SSSR count). The van der Waals surface area contributed by atoms with Gasteiger partial charge in [-0.25, -0.2) is 0 Å². The molecule has 5 nitrogen and oxygen atoms in total. The summed E-state index contributed by atoms with van der Waals surface area (Å²) in [5, 5.41) is 5.78. The zero-order valence-electron chi connectivity index (χ0n) is 6.79. The fourth-order valence-electron chi connectivity index (χ4n) is 1.33. The average Bonchev–Trinajstić information content (AvgIpc) is 2.07. The SMILES string of the molecule is CN1C=NCC2=C1NCNC2=O. The van der Waals surface area contributed by atoms with Crippen molar-refractivity contribution >= 4 is 12.2 Å². The summed E-state index contributed by atoms with van der Waals surface area (Å²) < 4.78 is 0. The van der Waals surface area contributed by atoms with Crippen LogP contribution in [-0.2, 0) is 4.79 Å². The van der Waals surface area contributed by atoms with E-state index in [0.29, 0.717) is 18.8 Å². The Bertz CT molecular complexity index is 281. The number of carbonyl (C=O) groups is 1. The predicted octanol–water partition coefficient (Wildman–Crippen LogP) is -1.15. The van der Waals surface area contributed by atoms with Gasteiger partial charge in [-0.3, -0.25) is 9.79 Å². The first-order chi connectivity index (χ1) is 5.79. The van der Waals surface area contributed by atoms with Crippen LogP contribution in [0.2, 0.25) is 0 Å². The highest BCUT2D eigenvalue weighted by Crippen LogP contribution is 2.11. The van der Waals surface area contributed by atoms with Crippen LogP contribution in [0.15, 0.2) is 16.4 Å². The van der Waals surface area contributed by atoms with Gasteiger partial charge in [0.2, 0.25) is 0 Å². The van der Waals surface area contributed by atoms with Crippen molar-refractivity contribution in [1.82, 2.24) is 15.5 Å². The van der Waals surface area contributed by atoms with E-state index in [1.165, 1.54) is 0 Å². The summed E-state index contributed by atoms with van der Waals surface area (Å²) in [4.78, 5) is 17.1. The van der Waals surface area contributed by atoms with Crippen molar-refractivity contribution < 1.29 is 4.79 Å². The van der Waals surface area contributed by atoms with Crippen molar-refractivity contribution in [3.05, 3.63) is 11.4 Å². The third-order valence-corrected chi connectivity index (χ3v) is 1.92. The average molecular weight is 166 g/mol. The van der Waals surface area contributed by atoms with Crippen molar-refractivity contribution in [2.75, 3.05) is 20.3 Å². The van der Waals surface area contributed by atoms with E-state index in [1.807, 2.05) is 11.9 Å². The molecule has 0 fully saturated rings. The molecule has 64 valence electrons. The lowest BCUT2D eigenvalue weighted by Crippen LogP contribution is -2.47. The fraction of sp³-hybridized carbons (Fsp3) is 0.429. The molecule has 12 heavy (non-hydrogen) atoms. The second-order valence-corrected chi connectivity index (χ2v) is 2.75. The minimum atomic E-state index is -0.0209. The van der Waals surface area contributed by atoms with Gasteiger partial charge in [-0.1, -0.05) is 0 Å². The maximum absolute atomic E-state index is 11.3. The number of amides is 1. The third kappa shape index (κ3) is 0.939. The van der Waals surface area contributed by atoms with Crippen molar-refractivity contribution in [3.8, 4) is 0 Å². The van der Waals surface area contributed by atoms with Crippen LogP contribution < -0.4 is 10.6 Å². The van der Waals surface area contributed by atoms with Gasteiger partial charge >= 0.3 is 0 Å². The third-order valence-electron chi connectivity index (χ3n) is 1.92. The molecule has 2 aliphatic rings. The van der Waals surface area contributed by atoms with Crippen molar-refractivity contribution in [1.29, 1.82) is 0 Å². The normalized spacial score (nSPS) is 21.8. The largest absolute Gasteiger partial charge is 0.354 e. The topological polar surface area (TPSA) is 56.7 Å². The zero-order chi connectivity index (χ0) is 8.55. The second kappa shape index (κ2) is 2.51. The summed E-state index contributed by atoms with van der Waals surface area (Å²) in [6, 6.07) is 0. The molecule has 0 atom stereocenters. The lowest BCUT2D eigenvalue weighted by Gasteiger charge is -2.29. The molecule has 0 aromatic rings. The summed E-state index contributed by atoms with van der Waals surface area (Å²) in [7, 11) is 1.86. The molecule has 2 aliphatic heterocycles. The van der Waals surface area contributed by atoms with Crippen LogP contribution in [0.3, 0.4) is 0 Å². The van der Waals surface area contributed by atoms with Crippen molar-refractivity contribution in [3.63, 3.8) is 0 Å². The Morgan fingerprint density at radius 2 is 2.42 bits per heavy atom. The molecular weight excluding hydrogens is 156 g/mol. The quantitative estimate of drug-likeness (QED) is 0.477. The van der Waals surface area contributed by atoms with Crippen molar-refractivity contribution in [2.45, 2.75) is 0 Å². The molecule has 0 aliphatic carbocycles. The Labute approximate surface area is 70.1 Å². The number of nitrogens with one attached hydrogen (secondary N) is 2. The van der Waals surface area contributed by atoms with Crippen molar-refractivity contribution in [2.24, 2.45) is 4.99 Å². The van der Waals surface area contributed by atoms with Gasteiger partial charge in [0.1, 0.15) is 5.82 Å². The molecule has 0 spiro atoms. The molecule has 0 unspecified atom stereocenters. The van der Waals surface area contributed by atoms with Crippen LogP contribution >= 0.6 is 0 Å². The molecular formula is C7H10N4O. The molecule has 2 N–H and O–H groups in total. The predicted molar refractivity (Wildman–Crippen MR) is 44.3 cm³/mol. The van der Waals surface area contributed by atoms with Crippen LogP contribution in [0.4, 0.5) is 0 Å². The van der Waals surface area contributed by atoms with Crippen LogP contribution in [0.5, 0.6) is 0 Å². The monoisotopic (exact) mass is 166 g/mol. The van der Waals surface area contributed by atoms with E-state index >= 15 is 0 Å². The summed E-state index contributed by atoms with van der Waals surface area (Å²) in [5.74, 6) is 0.848. The number of rotatable bonds is 0. The maximum atomic E-state index is 11.3. The fourth-order valence-corrected chi connectivity index (χ4v) is 1.33. The molecule has 5 heteroatoms. The van der Waals surface area contributed by atoms with E-state index in [2.05, 4.69) is 15.6 Å². The summed E-state index contributed by atoms with van der Waals surface area (Å²) in [6.07, 6.45) is 1.71. The van der Waals surface area contributed by atoms with Gasteiger partial charge in [-0.15, -0.1) is 0 Å². The van der Waals surface area contributed by atoms with Gasteiger partial charge in [0.15, 0.2) is 0 Å². The molecule has 0 saturated carbocycles. The highest BCUT2D eigenvalue weighted by Gasteiger charge is 2.23. The Balaban J connectivity index is 2.35. The first-order valence-corrected chi connectivity index (χ1v) is 3.77. The van der Waals surface area contributed by atoms with E-state index in [9.17, 15) is 4.79 Å². The molecule has 2 heterocycles. The Morgan fingerprint density at radius 1 is 1.58 bits per heavy atom. The number of hydrogen-bond donors (Lipinski definition) is 2. The van der Waals surface area contributed by atoms with Crippen LogP contribution in [-0.4, -0.2) is 37.4 Å². The van der Waals surface area contributed by atoms with Gasteiger partial charge in [0.25, 0.3) is 5.91 Å². The molecule has 0 aromatic heterocycles. The number of nitrogens with zero attached hydrogens (tertiary/aromatic N) is 2. The number of carbonyl (C=O) groups excluding carboxylic acids is 1. The van der Waals surface area contributed by atoms with E-state index < -0.39 is 0 Å². The first-order valence-electron chi connectivity index (χ1n) is 3.77. The minimum absolute atomic E-state index is 0.0209. The van der Waals surface area contributed by atoms with E-state index in [4.69, 9.17) is 0 Å². The molecule has 1 amide bonds. The summed E-state index contributed by atoms with van der Waals surface area (Å²) in [5.41, 5.74) is 0.714. The molecule has 0 radical (unpaired) electrons. The van der Waals surface area contributed by atoms with E-state index in [-0.39, 0.29) is 5.91 Å². The van der Waals surface area contributed by atoms with Crippen LogP contribution in [0, 0.1) is 0 Å². The van der Waals surface area contributed by atoms with E-state index in [0.717, 1.165) is 5.82 Å². The van der Waals surface area contributed by atoms with Gasteiger partial charge in [-0.2, -0.15) is 0 Å². The Hall–Kier alpha value is -1.52. The van der Waals surface area contributed by atoms with Gasteiger partial charge in [0, 0.05) is 7.05 Å². The zero-order valence-corrected chi connectivity index (χ0v) is 6.79. The highest BCUT2D eigenvalue weighted by molar-refractivity contribution is 5.96. The summed E-state index contributed by atoms with van der Waals surface area (Å²) >= 11 is 0. The molecule has 0 bridgehead atoms. The Kier molecular flexibility index (Phi) is 1.49. The van der Waals surface area contributed by atoms with Crippen LogP contribution in [0.25, 0.3) is 0 Å².